The number of carbonyl (C=O) groups is 1. The summed E-state index contributed by atoms with van der Waals surface area (Å²) in [5.74, 6) is 2.00. The quantitative estimate of drug-likeness (QED) is 0.366. The number of hydrogen-bond donors (Lipinski definition) is 0. The number of hydrogen-bond acceptors (Lipinski definition) is 5. The Morgan fingerprint density at radius 2 is 1.65 bits per heavy atom. The number of esters is 1. The second-order valence-electron chi connectivity index (χ2n) is 12.2. The highest BCUT2D eigenvalue weighted by Gasteiger charge is 2.35. The Kier molecular flexibility index (Phi) is 8.66. The number of anilines is 1. The molecule has 0 amide bonds. The minimum absolute atomic E-state index is 0.157. The Bertz CT molecular complexity index is 792. The van der Waals surface area contributed by atoms with E-state index in [9.17, 15) is 4.79 Å². The van der Waals surface area contributed by atoms with Crippen molar-refractivity contribution in [2.45, 2.75) is 116 Å². The lowest BCUT2D eigenvalue weighted by atomic mass is 9.73. The Balaban J connectivity index is 1.61. The van der Waals surface area contributed by atoms with Crippen molar-refractivity contribution in [3.05, 3.63) is 15.8 Å². The number of rotatable bonds is 7. The molecule has 0 atom stereocenters. The van der Waals surface area contributed by atoms with E-state index in [0.29, 0.717) is 23.5 Å². The Morgan fingerprint density at radius 3 is 2.24 bits per heavy atom. The molecule has 3 fully saturated rings. The van der Waals surface area contributed by atoms with Gasteiger partial charge >= 0.3 is 5.97 Å². The van der Waals surface area contributed by atoms with E-state index in [4.69, 9.17) is 9.47 Å². The van der Waals surface area contributed by atoms with Crippen LogP contribution in [0.4, 0.5) is 5.69 Å². The van der Waals surface area contributed by atoms with E-state index in [0.717, 1.165) is 54.6 Å². The maximum absolute atomic E-state index is 13.0. The molecule has 0 aromatic carbocycles. The highest BCUT2D eigenvalue weighted by atomic mass is 32.1. The number of thiophene rings is 1. The van der Waals surface area contributed by atoms with Gasteiger partial charge in [-0.2, -0.15) is 0 Å². The summed E-state index contributed by atoms with van der Waals surface area (Å²) in [6.45, 7) is 8.26. The fourth-order valence-corrected chi connectivity index (χ4v) is 7.82. The molecular formula is C29H47NO3S. The first-order valence-electron chi connectivity index (χ1n) is 13.8. The Labute approximate surface area is 211 Å². The third-order valence-corrected chi connectivity index (χ3v) is 10.4. The van der Waals surface area contributed by atoms with Crippen LogP contribution in [-0.4, -0.2) is 38.9 Å². The molecule has 0 N–H and O–H groups in total. The standard InChI is InChI=1S/C29H47NO3S/c1-20-6-8-21(9-7-20)19-30(23-10-12-24(32-4)13-11-23)25-18-26(34-27(25)28(31)33-5)22-14-16-29(2,3)17-15-22/h18,20-24H,6-17,19H2,1-5H3. The normalized spacial score (nSPS) is 30.1. The average molecular weight is 490 g/mol. The Hall–Kier alpha value is -1.07. The second kappa shape index (κ2) is 11.3. The van der Waals surface area contributed by atoms with Crippen LogP contribution in [0.2, 0.25) is 0 Å². The van der Waals surface area contributed by atoms with Gasteiger partial charge in [0.1, 0.15) is 4.88 Å². The molecule has 1 heterocycles. The minimum Gasteiger partial charge on any atom is -0.465 e. The van der Waals surface area contributed by atoms with Crippen molar-refractivity contribution >= 4 is 23.0 Å². The first-order valence-corrected chi connectivity index (χ1v) is 14.6. The van der Waals surface area contributed by atoms with E-state index in [1.807, 2.05) is 7.11 Å². The monoisotopic (exact) mass is 489 g/mol. The van der Waals surface area contributed by atoms with Crippen LogP contribution in [-0.2, 0) is 9.47 Å². The van der Waals surface area contributed by atoms with Gasteiger partial charge in [0.05, 0.1) is 18.9 Å². The number of methoxy groups -OCH3 is 2. The van der Waals surface area contributed by atoms with Crippen LogP contribution in [0.3, 0.4) is 0 Å². The number of ether oxygens (including phenoxy) is 2. The van der Waals surface area contributed by atoms with Crippen LogP contribution >= 0.6 is 11.3 Å². The van der Waals surface area contributed by atoms with Crippen LogP contribution in [0.15, 0.2) is 6.07 Å². The molecule has 0 unspecified atom stereocenters. The molecule has 4 nitrogen and oxygen atoms in total. The largest absolute Gasteiger partial charge is 0.465 e. The molecule has 192 valence electrons. The lowest BCUT2D eigenvalue weighted by Gasteiger charge is -2.41. The summed E-state index contributed by atoms with van der Waals surface area (Å²) in [4.78, 5) is 17.9. The van der Waals surface area contributed by atoms with Gasteiger partial charge in [0, 0.05) is 24.6 Å². The molecule has 3 aliphatic rings. The molecule has 1 aromatic rings. The van der Waals surface area contributed by atoms with Gasteiger partial charge in [-0.15, -0.1) is 11.3 Å². The lowest BCUT2D eigenvalue weighted by Crippen LogP contribution is -2.43. The maximum atomic E-state index is 13.0. The molecule has 5 heteroatoms. The van der Waals surface area contributed by atoms with Crippen LogP contribution in [0.5, 0.6) is 0 Å². The molecular weight excluding hydrogens is 442 g/mol. The zero-order chi connectivity index (χ0) is 24.3. The predicted molar refractivity (Wildman–Crippen MR) is 142 cm³/mol. The molecule has 0 radical (unpaired) electrons. The van der Waals surface area contributed by atoms with Crippen LogP contribution in [0.1, 0.15) is 118 Å². The van der Waals surface area contributed by atoms with E-state index in [2.05, 4.69) is 31.7 Å². The van der Waals surface area contributed by atoms with Gasteiger partial charge in [0.2, 0.25) is 0 Å². The third-order valence-electron chi connectivity index (χ3n) is 9.16. The summed E-state index contributed by atoms with van der Waals surface area (Å²) >= 11 is 1.72. The maximum Gasteiger partial charge on any atom is 0.350 e. The van der Waals surface area contributed by atoms with Crippen molar-refractivity contribution in [1.82, 2.24) is 0 Å². The van der Waals surface area contributed by atoms with Crippen molar-refractivity contribution in [2.75, 3.05) is 25.7 Å². The van der Waals surface area contributed by atoms with Gasteiger partial charge in [-0.25, -0.2) is 4.79 Å². The van der Waals surface area contributed by atoms with Crippen molar-refractivity contribution in [3.63, 3.8) is 0 Å². The van der Waals surface area contributed by atoms with Gasteiger partial charge < -0.3 is 14.4 Å². The molecule has 0 aliphatic heterocycles. The summed E-state index contributed by atoms with van der Waals surface area (Å²) in [7, 11) is 3.38. The van der Waals surface area contributed by atoms with Crippen molar-refractivity contribution in [1.29, 1.82) is 0 Å². The fourth-order valence-electron chi connectivity index (χ4n) is 6.56. The summed E-state index contributed by atoms with van der Waals surface area (Å²) in [6.07, 6.45) is 15.2. The SMILES string of the molecule is COC(=O)c1sc(C2CCC(C)(C)CC2)cc1N(CC1CCC(C)CC1)C1CCC(OC)CC1. The molecule has 3 saturated carbocycles. The summed E-state index contributed by atoms with van der Waals surface area (Å²) in [5, 5.41) is 0. The molecule has 1 aromatic heterocycles. The van der Waals surface area contributed by atoms with E-state index in [1.54, 1.807) is 11.3 Å². The first kappa shape index (κ1) is 26.0. The highest BCUT2D eigenvalue weighted by Crippen LogP contribution is 2.47. The molecule has 0 spiro atoms. The smallest absolute Gasteiger partial charge is 0.350 e. The average Bonchev–Trinajstić information content (AvgIpc) is 3.28. The topological polar surface area (TPSA) is 38.8 Å². The third kappa shape index (κ3) is 6.19. The van der Waals surface area contributed by atoms with E-state index < -0.39 is 0 Å². The van der Waals surface area contributed by atoms with E-state index in [1.165, 1.54) is 63.4 Å². The van der Waals surface area contributed by atoms with Gasteiger partial charge in [-0.05, 0) is 93.4 Å². The second-order valence-corrected chi connectivity index (χ2v) is 13.3. The van der Waals surface area contributed by atoms with Gasteiger partial charge in [-0.1, -0.05) is 33.6 Å². The molecule has 4 rings (SSSR count). The van der Waals surface area contributed by atoms with Crippen molar-refractivity contribution in [3.8, 4) is 0 Å². The van der Waals surface area contributed by atoms with Crippen molar-refractivity contribution < 1.29 is 14.3 Å². The summed E-state index contributed by atoms with van der Waals surface area (Å²) in [5.41, 5.74) is 1.61. The summed E-state index contributed by atoms with van der Waals surface area (Å²) in [6, 6.07) is 2.88. The lowest BCUT2D eigenvalue weighted by molar-refractivity contribution is 0.0602. The number of nitrogens with zero attached hydrogens (tertiary/aromatic N) is 1. The van der Waals surface area contributed by atoms with Crippen LogP contribution < -0.4 is 4.90 Å². The molecule has 34 heavy (non-hydrogen) atoms. The van der Waals surface area contributed by atoms with E-state index in [-0.39, 0.29) is 5.97 Å². The zero-order valence-electron chi connectivity index (χ0n) is 22.2. The van der Waals surface area contributed by atoms with Crippen LogP contribution in [0, 0.1) is 17.3 Å². The number of carbonyl (C=O) groups excluding carboxylic acids is 1. The Morgan fingerprint density at radius 1 is 1.00 bits per heavy atom. The van der Waals surface area contributed by atoms with Gasteiger partial charge in [-0.3, -0.25) is 0 Å². The van der Waals surface area contributed by atoms with Crippen LogP contribution in [0.25, 0.3) is 0 Å². The molecule has 3 aliphatic carbocycles. The van der Waals surface area contributed by atoms with Gasteiger partial charge in [0.15, 0.2) is 0 Å². The van der Waals surface area contributed by atoms with Gasteiger partial charge in [0.25, 0.3) is 0 Å². The zero-order valence-corrected chi connectivity index (χ0v) is 23.1. The first-order chi connectivity index (χ1) is 16.3. The minimum atomic E-state index is -0.157. The van der Waals surface area contributed by atoms with Crippen molar-refractivity contribution in [2.24, 2.45) is 17.3 Å². The van der Waals surface area contributed by atoms with E-state index >= 15 is 0 Å². The molecule has 0 saturated heterocycles. The summed E-state index contributed by atoms with van der Waals surface area (Å²) < 4.78 is 11.0. The highest BCUT2D eigenvalue weighted by molar-refractivity contribution is 7.14. The predicted octanol–water partition coefficient (Wildman–Crippen LogP) is 7.81. The molecule has 0 bridgehead atoms. The fraction of sp³-hybridized carbons (Fsp3) is 0.828.